The number of nitriles is 1. The van der Waals surface area contributed by atoms with Gasteiger partial charge in [-0.1, -0.05) is 19.3 Å². The molecule has 0 atom stereocenters. The summed E-state index contributed by atoms with van der Waals surface area (Å²) in [5, 5.41) is 8.27. The van der Waals surface area contributed by atoms with E-state index in [0.717, 1.165) is 12.5 Å². The average molecular weight is 167 g/mol. The smallest absolute Gasteiger partial charge is 0.0645 e. The van der Waals surface area contributed by atoms with Crippen molar-refractivity contribution in [3.05, 3.63) is 0 Å². The summed E-state index contributed by atoms with van der Waals surface area (Å²) in [6.45, 7) is 1.49. The van der Waals surface area contributed by atoms with Crippen LogP contribution in [0.15, 0.2) is 0 Å². The summed E-state index contributed by atoms with van der Waals surface area (Å²) < 4.78 is 5.39. The third-order valence-corrected chi connectivity index (χ3v) is 2.44. The van der Waals surface area contributed by atoms with Crippen LogP contribution in [0.4, 0.5) is 0 Å². The van der Waals surface area contributed by atoms with Crippen molar-refractivity contribution in [2.45, 2.75) is 38.5 Å². The normalized spacial score (nSPS) is 18.9. The Morgan fingerprint density at radius 2 is 2.00 bits per heavy atom. The van der Waals surface area contributed by atoms with Gasteiger partial charge in [0.05, 0.1) is 19.1 Å². The number of ether oxygens (including phenoxy) is 1. The zero-order chi connectivity index (χ0) is 8.65. The Bertz CT molecular complexity index is 144. The van der Waals surface area contributed by atoms with E-state index in [9.17, 15) is 0 Å². The number of nitrogens with zero attached hydrogens (tertiary/aromatic N) is 1. The second-order valence-electron chi connectivity index (χ2n) is 3.49. The maximum atomic E-state index is 8.27. The van der Waals surface area contributed by atoms with Crippen molar-refractivity contribution in [1.29, 1.82) is 5.26 Å². The van der Waals surface area contributed by atoms with Crippen LogP contribution in [0.3, 0.4) is 0 Å². The molecular formula is C10H17NO. The topological polar surface area (TPSA) is 33.0 Å². The zero-order valence-electron chi connectivity index (χ0n) is 7.59. The second-order valence-corrected chi connectivity index (χ2v) is 3.49. The van der Waals surface area contributed by atoms with Gasteiger partial charge in [-0.2, -0.15) is 5.26 Å². The summed E-state index contributed by atoms with van der Waals surface area (Å²) in [5.74, 6) is 0.775. The molecule has 0 unspecified atom stereocenters. The lowest BCUT2D eigenvalue weighted by molar-refractivity contribution is 0.0892. The lowest BCUT2D eigenvalue weighted by Gasteiger charge is -2.20. The van der Waals surface area contributed by atoms with Crippen LogP contribution in [0.1, 0.15) is 38.5 Å². The molecule has 1 fully saturated rings. The van der Waals surface area contributed by atoms with Gasteiger partial charge < -0.3 is 4.74 Å². The molecule has 68 valence electrons. The Kier molecular flexibility index (Phi) is 4.79. The fourth-order valence-corrected chi connectivity index (χ4v) is 1.72. The summed E-state index contributed by atoms with van der Waals surface area (Å²) in [6, 6.07) is 2.08. The highest BCUT2D eigenvalue weighted by Gasteiger charge is 2.12. The van der Waals surface area contributed by atoms with Crippen LogP contribution < -0.4 is 0 Å². The van der Waals surface area contributed by atoms with Gasteiger partial charge in [-0.25, -0.2) is 0 Å². The molecule has 0 radical (unpaired) electrons. The van der Waals surface area contributed by atoms with Crippen LogP contribution in [-0.2, 0) is 4.74 Å². The van der Waals surface area contributed by atoms with E-state index in [2.05, 4.69) is 6.07 Å². The highest BCUT2D eigenvalue weighted by atomic mass is 16.5. The summed E-state index contributed by atoms with van der Waals surface area (Å²) in [4.78, 5) is 0. The molecule has 0 aliphatic heterocycles. The van der Waals surface area contributed by atoms with Gasteiger partial charge in [0.1, 0.15) is 0 Å². The summed E-state index contributed by atoms with van der Waals surface area (Å²) in [7, 11) is 0. The molecule has 0 bridgehead atoms. The van der Waals surface area contributed by atoms with E-state index < -0.39 is 0 Å². The number of hydrogen-bond donors (Lipinski definition) is 0. The first-order valence-corrected chi connectivity index (χ1v) is 4.88. The second kappa shape index (κ2) is 6.02. The number of rotatable bonds is 4. The Balaban J connectivity index is 1.95. The van der Waals surface area contributed by atoms with Crippen molar-refractivity contribution in [3.8, 4) is 6.07 Å². The Morgan fingerprint density at radius 3 is 2.67 bits per heavy atom. The van der Waals surface area contributed by atoms with Gasteiger partial charge in [0.25, 0.3) is 0 Å². The predicted octanol–water partition coefficient (Wildman–Crippen LogP) is 2.50. The molecular weight excluding hydrogens is 150 g/mol. The zero-order valence-corrected chi connectivity index (χ0v) is 7.59. The molecule has 12 heavy (non-hydrogen) atoms. The van der Waals surface area contributed by atoms with Crippen LogP contribution in [0.5, 0.6) is 0 Å². The minimum Gasteiger partial charge on any atom is -0.380 e. The van der Waals surface area contributed by atoms with Gasteiger partial charge in [0.2, 0.25) is 0 Å². The summed E-state index contributed by atoms with van der Waals surface area (Å²) in [6.07, 6.45) is 7.32. The van der Waals surface area contributed by atoms with Crippen molar-refractivity contribution in [1.82, 2.24) is 0 Å². The predicted molar refractivity (Wildman–Crippen MR) is 47.6 cm³/mol. The molecule has 0 spiro atoms. The molecule has 0 N–H and O–H groups in total. The maximum Gasteiger partial charge on any atom is 0.0645 e. The maximum absolute atomic E-state index is 8.27. The van der Waals surface area contributed by atoms with Gasteiger partial charge in [0, 0.05) is 6.61 Å². The molecule has 1 aliphatic carbocycles. The molecule has 1 saturated carbocycles. The van der Waals surface area contributed by atoms with Crippen LogP contribution in [0, 0.1) is 17.2 Å². The monoisotopic (exact) mass is 167 g/mol. The number of hydrogen-bond acceptors (Lipinski definition) is 2. The lowest BCUT2D eigenvalue weighted by atomic mass is 9.90. The van der Waals surface area contributed by atoms with Crippen LogP contribution in [0.2, 0.25) is 0 Å². The molecule has 0 aromatic carbocycles. The first-order valence-electron chi connectivity index (χ1n) is 4.88. The van der Waals surface area contributed by atoms with E-state index >= 15 is 0 Å². The molecule has 0 amide bonds. The minimum absolute atomic E-state index is 0.534. The molecule has 0 aromatic heterocycles. The van der Waals surface area contributed by atoms with Gasteiger partial charge in [-0.15, -0.1) is 0 Å². The van der Waals surface area contributed by atoms with Gasteiger partial charge in [0.15, 0.2) is 0 Å². The first kappa shape index (κ1) is 9.54. The van der Waals surface area contributed by atoms with E-state index in [1.807, 2.05) is 0 Å². The van der Waals surface area contributed by atoms with E-state index in [0.29, 0.717) is 13.0 Å². The molecule has 2 nitrogen and oxygen atoms in total. The Labute approximate surface area is 74.5 Å². The molecule has 1 rings (SSSR count). The highest BCUT2D eigenvalue weighted by molar-refractivity contribution is 4.68. The van der Waals surface area contributed by atoms with Crippen molar-refractivity contribution in [2.75, 3.05) is 13.2 Å². The van der Waals surface area contributed by atoms with Crippen LogP contribution in [-0.4, -0.2) is 13.2 Å². The molecule has 0 saturated heterocycles. The quantitative estimate of drug-likeness (QED) is 0.603. The van der Waals surface area contributed by atoms with E-state index in [-0.39, 0.29) is 0 Å². The summed E-state index contributed by atoms with van der Waals surface area (Å²) >= 11 is 0. The molecule has 0 heterocycles. The first-order chi connectivity index (χ1) is 5.93. The van der Waals surface area contributed by atoms with Crippen molar-refractivity contribution >= 4 is 0 Å². The third-order valence-electron chi connectivity index (χ3n) is 2.44. The Hall–Kier alpha value is -0.550. The highest BCUT2D eigenvalue weighted by Crippen LogP contribution is 2.23. The standard InChI is InChI=1S/C10H17NO/c11-7-4-8-12-9-10-5-2-1-3-6-10/h10H,1-6,8-9H2. The average Bonchev–Trinajstić information content (AvgIpc) is 2.14. The minimum atomic E-state index is 0.534. The van der Waals surface area contributed by atoms with E-state index in [1.54, 1.807) is 0 Å². The Morgan fingerprint density at radius 1 is 1.25 bits per heavy atom. The fourth-order valence-electron chi connectivity index (χ4n) is 1.72. The van der Waals surface area contributed by atoms with E-state index in [1.165, 1.54) is 32.1 Å². The van der Waals surface area contributed by atoms with Crippen LogP contribution in [0.25, 0.3) is 0 Å². The largest absolute Gasteiger partial charge is 0.380 e. The fraction of sp³-hybridized carbons (Fsp3) is 0.900. The lowest BCUT2D eigenvalue weighted by Crippen LogP contribution is -2.13. The van der Waals surface area contributed by atoms with Gasteiger partial charge in [-0.3, -0.25) is 0 Å². The van der Waals surface area contributed by atoms with Gasteiger partial charge in [-0.05, 0) is 18.8 Å². The molecule has 0 aromatic rings. The molecule has 1 aliphatic rings. The van der Waals surface area contributed by atoms with Crippen molar-refractivity contribution in [3.63, 3.8) is 0 Å². The summed E-state index contributed by atoms with van der Waals surface area (Å²) in [5.41, 5.74) is 0. The van der Waals surface area contributed by atoms with Crippen molar-refractivity contribution < 1.29 is 4.74 Å². The van der Waals surface area contributed by atoms with E-state index in [4.69, 9.17) is 10.00 Å². The third kappa shape index (κ3) is 3.73. The van der Waals surface area contributed by atoms with Gasteiger partial charge >= 0.3 is 0 Å². The molecule has 2 heteroatoms. The van der Waals surface area contributed by atoms with Crippen LogP contribution >= 0.6 is 0 Å². The SMILES string of the molecule is N#CCCOCC1CCCCC1. The van der Waals surface area contributed by atoms with Crippen molar-refractivity contribution in [2.24, 2.45) is 5.92 Å².